The van der Waals surface area contributed by atoms with Crippen LogP contribution in [0.4, 0.5) is 14.6 Å². The van der Waals surface area contributed by atoms with Gasteiger partial charge in [0.15, 0.2) is 5.78 Å². The zero-order valence-corrected chi connectivity index (χ0v) is 15.5. The molecule has 3 aromatic rings. The summed E-state index contributed by atoms with van der Waals surface area (Å²) in [5.41, 5.74) is 0.186. The van der Waals surface area contributed by atoms with E-state index >= 15 is 4.48 Å². The lowest BCUT2D eigenvalue weighted by Gasteiger charge is -2.37. The molecule has 9 heteroatoms. The first-order valence-corrected chi connectivity index (χ1v) is 8.74. The van der Waals surface area contributed by atoms with Crippen molar-refractivity contribution in [2.24, 2.45) is 7.05 Å². The molecule has 0 saturated heterocycles. The Bertz CT molecular complexity index is 1100. The van der Waals surface area contributed by atoms with Gasteiger partial charge in [-0.15, -0.1) is 0 Å². The first-order chi connectivity index (χ1) is 13.9. The number of carbonyl (C=O) groups excluding carboxylic acids is 2. The van der Waals surface area contributed by atoms with Crippen molar-refractivity contribution in [2.75, 3.05) is 12.2 Å². The van der Waals surface area contributed by atoms with Crippen molar-refractivity contribution in [3.63, 3.8) is 0 Å². The number of aryl methyl sites for hydroxylation is 1. The summed E-state index contributed by atoms with van der Waals surface area (Å²) in [7, 11) is 2.77. The molecule has 4 rings (SSSR count). The number of ketones is 1. The SMILES string of the molecule is COC(=O)c1cccc2c1C(=O)C(c1ncnn1C)C(c1ccc(F)cc1)N2F. The highest BCUT2D eigenvalue weighted by atomic mass is 19.2. The van der Waals surface area contributed by atoms with Crippen LogP contribution < -0.4 is 5.12 Å². The number of halogens is 2. The molecule has 0 radical (unpaired) electrons. The van der Waals surface area contributed by atoms with Crippen molar-refractivity contribution >= 4 is 17.4 Å². The third kappa shape index (κ3) is 2.95. The number of anilines is 1. The molecular formula is C20H16F2N4O3. The topological polar surface area (TPSA) is 77.3 Å². The van der Waals surface area contributed by atoms with Crippen LogP contribution in [-0.2, 0) is 11.8 Å². The zero-order valence-electron chi connectivity index (χ0n) is 15.5. The van der Waals surface area contributed by atoms with Crippen molar-refractivity contribution in [1.82, 2.24) is 14.8 Å². The normalized spacial score (nSPS) is 18.5. The Morgan fingerprint density at radius 3 is 2.52 bits per heavy atom. The minimum atomic E-state index is -1.12. The number of Topliss-reactive ketones (excluding diaryl/α,β-unsaturated/α-hetero) is 1. The van der Waals surface area contributed by atoms with E-state index in [9.17, 15) is 14.0 Å². The number of ether oxygens (including phenoxy) is 1. The van der Waals surface area contributed by atoms with Crippen LogP contribution in [0, 0.1) is 5.82 Å². The van der Waals surface area contributed by atoms with Gasteiger partial charge in [0.05, 0.1) is 23.9 Å². The van der Waals surface area contributed by atoms with E-state index in [1.165, 1.54) is 60.6 Å². The fourth-order valence-corrected chi connectivity index (χ4v) is 3.67. The average molecular weight is 398 g/mol. The number of hydrogen-bond donors (Lipinski definition) is 0. The van der Waals surface area contributed by atoms with Crippen LogP contribution >= 0.6 is 0 Å². The van der Waals surface area contributed by atoms with Crippen LogP contribution in [0.2, 0.25) is 0 Å². The number of methoxy groups -OCH3 is 1. The Hall–Kier alpha value is -3.62. The van der Waals surface area contributed by atoms with Gasteiger partial charge >= 0.3 is 5.97 Å². The van der Waals surface area contributed by atoms with Crippen molar-refractivity contribution in [3.05, 3.63) is 77.1 Å². The number of carbonyl (C=O) groups is 2. The predicted molar refractivity (Wildman–Crippen MR) is 98.6 cm³/mol. The number of nitrogens with zero attached hydrogens (tertiary/aromatic N) is 4. The molecule has 2 unspecified atom stereocenters. The third-order valence-corrected chi connectivity index (χ3v) is 5.00. The Kier molecular flexibility index (Phi) is 4.57. The van der Waals surface area contributed by atoms with Crippen LogP contribution in [0.3, 0.4) is 0 Å². The maximum atomic E-state index is 15.7. The summed E-state index contributed by atoms with van der Waals surface area (Å²) < 4.78 is 35.3. The van der Waals surface area contributed by atoms with Gasteiger partial charge in [0.2, 0.25) is 0 Å². The van der Waals surface area contributed by atoms with Crippen molar-refractivity contribution in [3.8, 4) is 0 Å². The predicted octanol–water partition coefficient (Wildman–Crippen LogP) is 3.15. The van der Waals surface area contributed by atoms with Crippen LogP contribution in [-0.4, -0.2) is 33.6 Å². The molecule has 7 nitrogen and oxygen atoms in total. The van der Waals surface area contributed by atoms with Crippen molar-refractivity contribution in [2.45, 2.75) is 12.0 Å². The molecular weight excluding hydrogens is 382 g/mol. The molecule has 0 N–H and O–H groups in total. The second kappa shape index (κ2) is 7.08. The maximum Gasteiger partial charge on any atom is 0.338 e. The smallest absolute Gasteiger partial charge is 0.338 e. The highest BCUT2D eigenvalue weighted by molar-refractivity contribution is 6.14. The second-order valence-corrected chi connectivity index (χ2v) is 6.58. The van der Waals surface area contributed by atoms with Gasteiger partial charge in [0.25, 0.3) is 0 Å². The minimum absolute atomic E-state index is 0.0395. The Morgan fingerprint density at radius 2 is 1.90 bits per heavy atom. The molecule has 0 spiro atoms. The molecule has 148 valence electrons. The van der Waals surface area contributed by atoms with E-state index in [0.29, 0.717) is 10.7 Å². The van der Waals surface area contributed by atoms with Gasteiger partial charge in [0.1, 0.15) is 29.9 Å². The van der Waals surface area contributed by atoms with E-state index in [1.54, 1.807) is 7.05 Å². The van der Waals surface area contributed by atoms with Gasteiger partial charge < -0.3 is 4.74 Å². The monoisotopic (exact) mass is 398 g/mol. The molecule has 1 aliphatic heterocycles. The minimum Gasteiger partial charge on any atom is -0.465 e. The second-order valence-electron chi connectivity index (χ2n) is 6.58. The molecule has 2 aromatic carbocycles. The Balaban J connectivity index is 1.97. The van der Waals surface area contributed by atoms with Gasteiger partial charge in [-0.2, -0.15) is 5.10 Å². The maximum absolute atomic E-state index is 15.7. The van der Waals surface area contributed by atoms with Gasteiger partial charge in [-0.3, -0.25) is 9.48 Å². The summed E-state index contributed by atoms with van der Waals surface area (Å²) in [6.45, 7) is 0. The highest BCUT2D eigenvalue weighted by Crippen LogP contribution is 2.47. The number of benzene rings is 2. The van der Waals surface area contributed by atoms with E-state index in [0.717, 1.165) is 0 Å². The zero-order chi connectivity index (χ0) is 20.7. The van der Waals surface area contributed by atoms with Crippen LogP contribution in [0.25, 0.3) is 0 Å². The van der Waals surface area contributed by atoms with Crippen molar-refractivity contribution < 1.29 is 23.2 Å². The number of fused-ring (bicyclic) bond motifs is 1. The quantitative estimate of drug-likeness (QED) is 0.498. The van der Waals surface area contributed by atoms with Gasteiger partial charge in [0, 0.05) is 7.05 Å². The van der Waals surface area contributed by atoms with Crippen LogP contribution in [0.5, 0.6) is 0 Å². The molecule has 1 aromatic heterocycles. The third-order valence-electron chi connectivity index (χ3n) is 5.00. The lowest BCUT2D eigenvalue weighted by molar-refractivity contribution is 0.0595. The first-order valence-electron chi connectivity index (χ1n) is 8.74. The lowest BCUT2D eigenvalue weighted by atomic mass is 9.80. The van der Waals surface area contributed by atoms with E-state index in [4.69, 9.17) is 4.74 Å². The summed E-state index contributed by atoms with van der Waals surface area (Å²) in [6, 6.07) is 8.38. The summed E-state index contributed by atoms with van der Waals surface area (Å²) in [5, 5.41) is 4.40. The summed E-state index contributed by atoms with van der Waals surface area (Å²) in [4.78, 5) is 29.9. The molecule has 29 heavy (non-hydrogen) atoms. The van der Waals surface area contributed by atoms with Crippen molar-refractivity contribution in [1.29, 1.82) is 0 Å². The Morgan fingerprint density at radius 1 is 1.17 bits per heavy atom. The van der Waals surface area contributed by atoms with Gasteiger partial charge in [-0.25, -0.2) is 19.3 Å². The molecule has 0 bridgehead atoms. The highest BCUT2D eigenvalue weighted by Gasteiger charge is 2.46. The van der Waals surface area contributed by atoms with Gasteiger partial charge in [-0.05, 0) is 29.8 Å². The fourth-order valence-electron chi connectivity index (χ4n) is 3.67. The molecule has 0 fully saturated rings. The van der Waals surface area contributed by atoms with E-state index in [-0.39, 0.29) is 22.6 Å². The number of rotatable bonds is 3. The lowest BCUT2D eigenvalue weighted by Crippen LogP contribution is -2.39. The van der Waals surface area contributed by atoms with Gasteiger partial charge in [-0.1, -0.05) is 22.7 Å². The summed E-state index contributed by atoms with van der Waals surface area (Å²) >= 11 is 0. The average Bonchev–Trinajstić information content (AvgIpc) is 3.15. The number of esters is 1. The van der Waals surface area contributed by atoms with E-state index in [2.05, 4.69) is 10.1 Å². The summed E-state index contributed by atoms with van der Waals surface area (Å²) in [6.07, 6.45) is 1.26. The van der Waals surface area contributed by atoms with E-state index in [1.807, 2.05) is 0 Å². The largest absolute Gasteiger partial charge is 0.465 e. The summed E-state index contributed by atoms with van der Waals surface area (Å²) in [5.74, 6) is -2.63. The standard InChI is InChI=1S/C20H16F2N4O3/c1-25-19(23-10-24-25)16-17(11-6-8-12(21)9-7-11)26(22)14-5-3-4-13(20(28)29-2)15(14)18(16)27/h3-10,16-17H,1-2H3. The van der Waals surface area contributed by atoms with Crippen LogP contribution in [0.1, 0.15) is 44.1 Å². The number of hydrogen-bond acceptors (Lipinski definition) is 6. The Labute approximate surface area is 164 Å². The molecule has 2 atom stereocenters. The fraction of sp³-hybridized carbons (Fsp3) is 0.200. The molecule has 0 saturated carbocycles. The molecule has 1 aliphatic rings. The van der Waals surface area contributed by atoms with E-state index < -0.39 is 29.5 Å². The number of aromatic nitrogens is 3. The van der Waals surface area contributed by atoms with Crippen LogP contribution in [0.15, 0.2) is 48.8 Å². The first kappa shape index (κ1) is 18.7. The molecule has 0 amide bonds. The molecule has 0 aliphatic carbocycles. The molecule has 2 heterocycles.